The van der Waals surface area contributed by atoms with Crippen LogP contribution in [0.15, 0.2) is 6.33 Å². The monoisotopic (exact) mass is 220 g/mol. The minimum absolute atomic E-state index is 0.208. The molecule has 15 heavy (non-hydrogen) atoms. The molecule has 0 amide bonds. The molecule has 0 unspecified atom stereocenters. The van der Waals surface area contributed by atoms with Gasteiger partial charge in [0.25, 0.3) is 0 Å². The highest BCUT2D eigenvalue weighted by Gasteiger charge is 2.23. The predicted octanol–water partition coefficient (Wildman–Crippen LogP) is 1.45. The topological polar surface area (TPSA) is 71.5 Å². The van der Waals surface area contributed by atoms with Gasteiger partial charge in [-0.25, -0.2) is 9.97 Å². The van der Waals surface area contributed by atoms with Crippen LogP contribution in [-0.2, 0) is 6.42 Å². The highest BCUT2D eigenvalue weighted by atomic mass is 32.1. The first-order valence-electron chi connectivity index (χ1n) is 4.73. The Labute approximate surface area is 89.6 Å². The summed E-state index contributed by atoms with van der Waals surface area (Å²) in [5.74, 6) is 0.849. The van der Waals surface area contributed by atoms with Gasteiger partial charge >= 0.3 is 0 Å². The third-order valence-electron chi connectivity index (χ3n) is 2.39. The lowest BCUT2D eigenvalue weighted by atomic mass is 10.0. The summed E-state index contributed by atoms with van der Waals surface area (Å²) >= 11 is 1.41. The average molecular weight is 220 g/mol. The molecule has 2 aromatic heterocycles. The molecule has 0 bridgehead atoms. The number of thiazole rings is 1. The summed E-state index contributed by atoms with van der Waals surface area (Å²) in [6, 6.07) is 0. The number of H-pyrrole nitrogens is 1. The Hall–Kier alpha value is -1.56. The SMILES string of the molecule is O=C1CCCc2nc(-c3ncn[nH]3)sc21. The van der Waals surface area contributed by atoms with E-state index >= 15 is 0 Å². The number of aromatic amines is 1. The minimum atomic E-state index is 0.208. The van der Waals surface area contributed by atoms with Crippen LogP contribution in [0, 0.1) is 0 Å². The third-order valence-corrected chi connectivity index (χ3v) is 3.53. The predicted molar refractivity (Wildman–Crippen MR) is 54.8 cm³/mol. The third kappa shape index (κ3) is 1.37. The number of fused-ring (bicyclic) bond motifs is 1. The summed E-state index contributed by atoms with van der Waals surface area (Å²) < 4.78 is 0. The highest BCUT2D eigenvalue weighted by Crippen LogP contribution is 2.30. The van der Waals surface area contributed by atoms with E-state index in [4.69, 9.17) is 0 Å². The van der Waals surface area contributed by atoms with Gasteiger partial charge in [-0.15, -0.1) is 11.3 Å². The van der Waals surface area contributed by atoms with Gasteiger partial charge in [0.15, 0.2) is 16.6 Å². The van der Waals surface area contributed by atoms with Crippen LogP contribution in [0.3, 0.4) is 0 Å². The lowest BCUT2D eigenvalue weighted by Gasteiger charge is -2.06. The van der Waals surface area contributed by atoms with Crippen molar-refractivity contribution in [2.75, 3.05) is 0 Å². The van der Waals surface area contributed by atoms with E-state index in [0.717, 1.165) is 28.4 Å². The number of carbonyl (C=O) groups is 1. The zero-order chi connectivity index (χ0) is 10.3. The Morgan fingerprint density at radius 3 is 3.07 bits per heavy atom. The zero-order valence-electron chi connectivity index (χ0n) is 7.86. The second kappa shape index (κ2) is 3.23. The highest BCUT2D eigenvalue weighted by molar-refractivity contribution is 7.17. The molecule has 5 nitrogen and oxygen atoms in total. The van der Waals surface area contributed by atoms with Crippen molar-refractivity contribution in [3.8, 4) is 10.8 Å². The second-order valence-electron chi connectivity index (χ2n) is 3.41. The molecule has 6 heteroatoms. The fourth-order valence-corrected chi connectivity index (χ4v) is 2.70. The average Bonchev–Trinajstić information content (AvgIpc) is 2.86. The van der Waals surface area contributed by atoms with Crippen LogP contribution in [0.1, 0.15) is 28.2 Å². The Balaban J connectivity index is 2.09. The van der Waals surface area contributed by atoms with E-state index in [1.807, 2.05) is 0 Å². The van der Waals surface area contributed by atoms with Gasteiger partial charge in [0.1, 0.15) is 6.33 Å². The van der Waals surface area contributed by atoms with E-state index in [1.54, 1.807) is 0 Å². The fraction of sp³-hybridized carbons (Fsp3) is 0.333. The number of aryl methyl sites for hydroxylation is 1. The number of nitrogens with one attached hydrogen (secondary N) is 1. The first kappa shape index (κ1) is 8.72. The van der Waals surface area contributed by atoms with Gasteiger partial charge < -0.3 is 0 Å². The van der Waals surface area contributed by atoms with Crippen molar-refractivity contribution in [3.63, 3.8) is 0 Å². The largest absolute Gasteiger partial charge is 0.293 e. The molecule has 1 aliphatic rings. The molecule has 2 heterocycles. The standard InChI is InChI=1S/C9H8N4OS/c14-6-3-1-2-5-7(6)15-9(12-5)8-10-4-11-13-8/h4H,1-3H2,(H,10,11,13). The van der Waals surface area contributed by atoms with Crippen LogP contribution in [0.25, 0.3) is 10.8 Å². The van der Waals surface area contributed by atoms with Crippen molar-refractivity contribution >= 4 is 17.1 Å². The van der Waals surface area contributed by atoms with Crippen molar-refractivity contribution in [1.29, 1.82) is 0 Å². The number of rotatable bonds is 1. The van der Waals surface area contributed by atoms with Crippen LogP contribution in [0.2, 0.25) is 0 Å². The first-order chi connectivity index (χ1) is 7.34. The number of hydrogen-bond donors (Lipinski definition) is 1. The molecule has 0 radical (unpaired) electrons. The van der Waals surface area contributed by atoms with E-state index in [0.29, 0.717) is 12.2 Å². The molecule has 0 saturated heterocycles. The summed E-state index contributed by atoms with van der Waals surface area (Å²) in [7, 11) is 0. The number of carbonyl (C=O) groups excluding carboxylic acids is 1. The lowest BCUT2D eigenvalue weighted by Crippen LogP contribution is -2.07. The Kier molecular flexibility index (Phi) is 1.88. The molecule has 2 aromatic rings. The molecule has 1 aliphatic carbocycles. The summed E-state index contributed by atoms with van der Waals surface area (Å²) in [5, 5.41) is 7.28. The maximum atomic E-state index is 11.6. The van der Waals surface area contributed by atoms with E-state index in [9.17, 15) is 4.79 Å². The molecule has 0 aliphatic heterocycles. The van der Waals surface area contributed by atoms with Crippen LogP contribution in [-0.4, -0.2) is 25.9 Å². The zero-order valence-corrected chi connectivity index (χ0v) is 8.67. The number of ketones is 1. The van der Waals surface area contributed by atoms with E-state index in [2.05, 4.69) is 20.2 Å². The quantitative estimate of drug-likeness (QED) is 0.789. The molecule has 0 spiro atoms. The van der Waals surface area contributed by atoms with E-state index < -0.39 is 0 Å². The molecule has 0 atom stereocenters. The maximum absolute atomic E-state index is 11.6. The molecule has 1 N–H and O–H groups in total. The fourth-order valence-electron chi connectivity index (χ4n) is 1.68. The minimum Gasteiger partial charge on any atom is -0.293 e. The summed E-state index contributed by atoms with van der Waals surface area (Å²) in [6.07, 6.45) is 3.89. The number of aromatic nitrogens is 4. The summed E-state index contributed by atoms with van der Waals surface area (Å²) in [6.45, 7) is 0. The number of nitrogens with zero attached hydrogens (tertiary/aromatic N) is 3. The van der Waals surface area contributed by atoms with Crippen molar-refractivity contribution in [2.24, 2.45) is 0 Å². The molecular weight excluding hydrogens is 212 g/mol. The normalized spacial score (nSPS) is 15.3. The molecular formula is C9H8N4OS. The van der Waals surface area contributed by atoms with Crippen LogP contribution >= 0.6 is 11.3 Å². The van der Waals surface area contributed by atoms with Gasteiger partial charge in [-0.05, 0) is 12.8 Å². The Bertz CT molecular complexity index is 502. The van der Waals surface area contributed by atoms with Crippen molar-refractivity contribution < 1.29 is 4.79 Å². The van der Waals surface area contributed by atoms with E-state index in [1.165, 1.54) is 17.7 Å². The molecule has 3 rings (SSSR count). The van der Waals surface area contributed by atoms with Gasteiger partial charge in [-0.1, -0.05) is 0 Å². The first-order valence-corrected chi connectivity index (χ1v) is 5.55. The Morgan fingerprint density at radius 2 is 2.33 bits per heavy atom. The molecule has 0 saturated carbocycles. The van der Waals surface area contributed by atoms with Crippen LogP contribution < -0.4 is 0 Å². The van der Waals surface area contributed by atoms with Gasteiger partial charge in [-0.3, -0.25) is 9.89 Å². The lowest BCUT2D eigenvalue weighted by molar-refractivity contribution is 0.0976. The summed E-state index contributed by atoms with van der Waals surface area (Å²) in [5.41, 5.74) is 0.919. The van der Waals surface area contributed by atoms with Crippen molar-refractivity contribution in [3.05, 3.63) is 16.9 Å². The van der Waals surface area contributed by atoms with E-state index in [-0.39, 0.29) is 5.78 Å². The van der Waals surface area contributed by atoms with Gasteiger partial charge in [-0.2, -0.15) is 5.10 Å². The number of Topliss-reactive ketones (excluding diaryl/α,β-unsaturated/α-hetero) is 1. The van der Waals surface area contributed by atoms with Gasteiger partial charge in [0.2, 0.25) is 0 Å². The van der Waals surface area contributed by atoms with Gasteiger partial charge in [0.05, 0.1) is 10.6 Å². The second-order valence-corrected chi connectivity index (χ2v) is 4.40. The van der Waals surface area contributed by atoms with Crippen molar-refractivity contribution in [1.82, 2.24) is 20.2 Å². The number of hydrogen-bond acceptors (Lipinski definition) is 5. The maximum Gasteiger partial charge on any atom is 0.184 e. The van der Waals surface area contributed by atoms with Crippen molar-refractivity contribution in [2.45, 2.75) is 19.3 Å². The molecule has 76 valence electrons. The smallest absolute Gasteiger partial charge is 0.184 e. The Morgan fingerprint density at radius 1 is 1.40 bits per heavy atom. The summed E-state index contributed by atoms with van der Waals surface area (Å²) in [4.78, 5) is 20.8. The van der Waals surface area contributed by atoms with Gasteiger partial charge in [0, 0.05) is 6.42 Å². The molecule has 0 fully saturated rings. The van der Waals surface area contributed by atoms with Crippen LogP contribution in [0.5, 0.6) is 0 Å². The van der Waals surface area contributed by atoms with Crippen LogP contribution in [0.4, 0.5) is 0 Å². The molecule has 0 aromatic carbocycles.